The molecular formula is C23H24F3N3O3S. The van der Waals surface area contributed by atoms with Gasteiger partial charge in [0, 0.05) is 35.4 Å². The summed E-state index contributed by atoms with van der Waals surface area (Å²) < 4.78 is 65.1. The second kappa shape index (κ2) is 8.74. The maximum absolute atomic E-state index is 13.5. The minimum Gasteiger partial charge on any atom is -0.382 e. The van der Waals surface area contributed by atoms with Gasteiger partial charge >= 0.3 is 6.18 Å². The van der Waals surface area contributed by atoms with Gasteiger partial charge < -0.3 is 15.2 Å². The minimum atomic E-state index is -4.44. The molecule has 3 aromatic rings. The summed E-state index contributed by atoms with van der Waals surface area (Å²) in [5.74, 6) is -0.148. The van der Waals surface area contributed by atoms with Crippen molar-refractivity contribution in [2.24, 2.45) is 0 Å². The Morgan fingerprint density at radius 1 is 1.09 bits per heavy atom. The number of anilines is 1. The number of hydrogen-bond acceptors (Lipinski definition) is 4. The lowest BCUT2D eigenvalue weighted by Gasteiger charge is -2.24. The van der Waals surface area contributed by atoms with Crippen LogP contribution in [0.3, 0.4) is 0 Å². The molecule has 1 aliphatic heterocycles. The van der Waals surface area contributed by atoms with Crippen LogP contribution in [0.2, 0.25) is 0 Å². The van der Waals surface area contributed by atoms with E-state index in [1.165, 1.54) is 11.6 Å². The fourth-order valence-electron chi connectivity index (χ4n) is 4.22. The van der Waals surface area contributed by atoms with Crippen molar-refractivity contribution < 1.29 is 26.4 Å². The molecule has 1 aromatic heterocycles. The second-order valence-corrected chi connectivity index (χ2v) is 10.5. The molecule has 2 N–H and O–H groups in total. The van der Waals surface area contributed by atoms with Crippen LogP contribution in [0.5, 0.6) is 0 Å². The number of fused-ring (bicyclic) bond motifs is 1. The van der Waals surface area contributed by atoms with Gasteiger partial charge in [-0.15, -0.1) is 0 Å². The van der Waals surface area contributed by atoms with Gasteiger partial charge in [0.1, 0.15) is 16.4 Å². The maximum Gasteiger partial charge on any atom is 0.406 e. The van der Waals surface area contributed by atoms with Crippen LogP contribution in [0.1, 0.15) is 23.2 Å². The average molecular weight is 480 g/mol. The number of amides is 1. The van der Waals surface area contributed by atoms with Crippen LogP contribution in [0, 0.1) is 0 Å². The Morgan fingerprint density at radius 2 is 1.79 bits per heavy atom. The summed E-state index contributed by atoms with van der Waals surface area (Å²) in [6.45, 7) is -1.18. The number of carbonyl (C=O) groups excluding carboxylic acids is 1. The number of halogens is 3. The van der Waals surface area contributed by atoms with Gasteiger partial charge in [-0.05, 0) is 48.7 Å². The topological polar surface area (TPSA) is 80.2 Å². The van der Waals surface area contributed by atoms with Gasteiger partial charge in [0.25, 0.3) is 5.91 Å². The summed E-state index contributed by atoms with van der Waals surface area (Å²) in [4.78, 5) is 12.1. The summed E-state index contributed by atoms with van der Waals surface area (Å²) in [7, 11) is -1.53. The number of nitrogens with one attached hydrogen (secondary N) is 2. The van der Waals surface area contributed by atoms with E-state index in [-0.39, 0.29) is 23.5 Å². The Morgan fingerprint density at radius 3 is 2.45 bits per heavy atom. The zero-order valence-corrected chi connectivity index (χ0v) is 18.8. The van der Waals surface area contributed by atoms with Crippen molar-refractivity contribution in [3.8, 4) is 11.3 Å². The number of aromatic nitrogens is 1. The molecular weight excluding hydrogens is 455 g/mol. The van der Waals surface area contributed by atoms with Crippen LogP contribution >= 0.6 is 0 Å². The van der Waals surface area contributed by atoms with Gasteiger partial charge in [0.2, 0.25) is 0 Å². The molecule has 4 rings (SSSR count). The number of hydrogen-bond donors (Lipinski definition) is 2. The largest absolute Gasteiger partial charge is 0.406 e. The Labute approximate surface area is 189 Å². The van der Waals surface area contributed by atoms with E-state index in [2.05, 4.69) is 10.6 Å². The molecule has 1 fully saturated rings. The molecule has 1 amide bonds. The molecule has 2 aromatic carbocycles. The van der Waals surface area contributed by atoms with Crippen molar-refractivity contribution in [3.63, 3.8) is 0 Å². The summed E-state index contributed by atoms with van der Waals surface area (Å²) in [5, 5.41) is 6.46. The van der Waals surface area contributed by atoms with E-state index in [0.29, 0.717) is 46.3 Å². The quantitative estimate of drug-likeness (QED) is 0.574. The van der Waals surface area contributed by atoms with E-state index < -0.39 is 22.6 Å². The molecule has 0 spiro atoms. The molecule has 33 heavy (non-hydrogen) atoms. The zero-order valence-electron chi connectivity index (χ0n) is 17.9. The van der Waals surface area contributed by atoms with Gasteiger partial charge in [0.05, 0.1) is 17.0 Å². The molecule has 0 radical (unpaired) electrons. The van der Waals surface area contributed by atoms with E-state index in [0.717, 1.165) is 0 Å². The monoisotopic (exact) mass is 479 g/mol. The molecule has 1 aliphatic rings. The number of sulfone groups is 1. The Kier molecular flexibility index (Phi) is 6.13. The molecule has 2 heterocycles. The van der Waals surface area contributed by atoms with Crippen molar-refractivity contribution >= 4 is 32.3 Å². The highest BCUT2D eigenvalue weighted by Crippen LogP contribution is 2.36. The molecule has 0 unspecified atom stereocenters. The lowest BCUT2D eigenvalue weighted by Crippen LogP contribution is -2.32. The molecule has 10 heteroatoms. The van der Waals surface area contributed by atoms with Gasteiger partial charge in [-0.2, -0.15) is 13.2 Å². The van der Waals surface area contributed by atoms with Crippen LogP contribution in [-0.4, -0.2) is 49.7 Å². The van der Waals surface area contributed by atoms with Crippen LogP contribution < -0.4 is 10.6 Å². The standard InChI is InChI=1S/C23H24F3N3O3S/c1-27-22(30)16-5-2-4-15(12-16)21-13-18-19(28-17-8-10-33(31,32)11-9-17)6-3-7-20(18)29(21)14-23(24,25)26/h2-7,12-13,17,28H,8-11,14H2,1H3,(H,27,30). The molecule has 6 nitrogen and oxygen atoms in total. The normalized spacial score (nSPS) is 16.6. The zero-order chi connectivity index (χ0) is 23.8. The highest BCUT2D eigenvalue weighted by Gasteiger charge is 2.31. The van der Waals surface area contributed by atoms with E-state index in [4.69, 9.17) is 0 Å². The highest BCUT2D eigenvalue weighted by atomic mass is 32.2. The first-order valence-electron chi connectivity index (χ1n) is 10.5. The van der Waals surface area contributed by atoms with E-state index in [1.54, 1.807) is 48.5 Å². The molecule has 1 saturated heterocycles. The maximum atomic E-state index is 13.5. The van der Waals surface area contributed by atoms with Crippen molar-refractivity contribution in [3.05, 3.63) is 54.1 Å². The second-order valence-electron chi connectivity index (χ2n) is 8.20. The number of carbonyl (C=O) groups is 1. The Balaban J connectivity index is 1.79. The van der Waals surface area contributed by atoms with Crippen molar-refractivity contribution in [2.75, 3.05) is 23.9 Å². The predicted octanol–water partition coefficient (Wildman–Crippen LogP) is 4.22. The number of rotatable bonds is 5. The third-order valence-electron chi connectivity index (χ3n) is 5.85. The summed E-state index contributed by atoms with van der Waals surface area (Å²) >= 11 is 0. The number of benzene rings is 2. The summed E-state index contributed by atoms with van der Waals surface area (Å²) in [6, 6.07) is 13.2. The van der Waals surface area contributed by atoms with Crippen LogP contribution in [0.4, 0.5) is 18.9 Å². The molecule has 176 valence electrons. The predicted molar refractivity (Wildman–Crippen MR) is 122 cm³/mol. The van der Waals surface area contributed by atoms with Gasteiger partial charge in [-0.1, -0.05) is 18.2 Å². The first kappa shape index (κ1) is 23.2. The van der Waals surface area contributed by atoms with Crippen molar-refractivity contribution in [1.82, 2.24) is 9.88 Å². The Bertz CT molecular complexity index is 1290. The van der Waals surface area contributed by atoms with Gasteiger partial charge in [-0.3, -0.25) is 4.79 Å². The summed E-state index contributed by atoms with van der Waals surface area (Å²) in [6.07, 6.45) is -3.55. The van der Waals surface area contributed by atoms with Crippen molar-refractivity contribution in [1.29, 1.82) is 0 Å². The van der Waals surface area contributed by atoms with Crippen LogP contribution in [0.15, 0.2) is 48.5 Å². The number of nitrogens with zero attached hydrogens (tertiary/aromatic N) is 1. The highest BCUT2D eigenvalue weighted by molar-refractivity contribution is 7.91. The van der Waals surface area contributed by atoms with Crippen LogP contribution in [-0.2, 0) is 16.4 Å². The molecule has 0 aliphatic carbocycles. The lowest BCUT2D eigenvalue weighted by atomic mass is 10.1. The third-order valence-corrected chi connectivity index (χ3v) is 7.56. The molecule has 0 bridgehead atoms. The lowest BCUT2D eigenvalue weighted by molar-refractivity contribution is -0.139. The fraction of sp³-hybridized carbons (Fsp3) is 0.348. The van der Waals surface area contributed by atoms with Gasteiger partial charge in [0.15, 0.2) is 0 Å². The third kappa shape index (κ3) is 5.16. The minimum absolute atomic E-state index is 0.0786. The SMILES string of the molecule is CNC(=O)c1cccc(-c2cc3c(NC4CCS(=O)(=O)CC4)cccc3n2CC(F)(F)F)c1. The number of alkyl halides is 3. The van der Waals surface area contributed by atoms with Crippen LogP contribution in [0.25, 0.3) is 22.2 Å². The molecule has 0 atom stereocenters. The van der Waals surface area contributed by atoms with Gasteiger partial charge in [-0.25, -0.2) is 8.42 Å². The van der Waals surface area contributed by atoms with E-state index in [1.807, 2.05) is 0 Å². The first-order valence-corrected chi connectivity index (χ1v) is 12.4. The first-order chi connectivity index (χ1) is 15.6. The van der Waals surface area contributed by atoms with Crippen molar-refractivity contribution in [2.45, 2.75) is 31.6 Å². The summed E-state index contributed by atoms with van der Waals surface area (Å²) in [5.41, 5.74) is 2.24. The van der Waals surface area contributed by atoms with E-state index in [9.17, 15) is 26.4 Å². The Hall–Kier alpha value is -3.01. The smallest absolute Gasteiger partial charge is 0.382 e. The molecule has 0 saturated carbocycles. The average Bonchev–Trinajstić information content (AvgIpc) is 3.12. The fourth-order valence-corrected chi connectivity index (χ4v) is 5.71. The van der Waals surface area contributed by atoms with E-state index >= 15 is 0 Å².